The SMILES string of the molecule is [Se]c1cccc(-c2nc(-c3ccccc3)nc(-c3ccccc3)n2)c1-c1cccc(-c2ccc3ccccc3c2)c1. The number of hydrogen-bond acceptors (Lipinski definition) is 3. The van der Waals surface area contributed by atoms with Crippen molar-refractivity contribution in [1.82, 2.24) is 15.0 Å². The molecule has 1 heterocycles. The van der Waals surface area contributed by atoms with E-state index < -0.39 is 0 Å². The van der Waals surface area contributed by atoms with Gasteiger partial charge in [-0.25, -0.2) is 0 Å². The van der Waals surface area contributed by atoms with Crippen molar-refractivity contribution in [3.63, 3.8) is 0 Å². The monoisotopic (exact) mass is 590 g/mol. The molecule has 7 rings (SSSR count). The van der Waals surface area contributed by atoms with Crippen LogP contribution in [0.1, 0.15) is 0 Å². The Labute approximate surface area is 247 Å². The van der Waals surface area contributed by atoms with Crippen molar-refractivity contribution < 1.29 is 0 Å². The standard InChI is InChI=1S/C37H24N3Se/c41-33-20-10-19-32(34(33)31-18-9-17-29(24-31)30-22-21-25-11-7-8-16-28(25)23-30)37-39-35(26-12-3-1-4-13-26)38-36(40-37)27-14-5-2-6-15-27/h1-24H. The van der Waals surface area contributed by atoms with E-state index in [-0.39, 0.29) is 0 Å². The fourth-order valence-electron chi connectivity index (χ4n) is 5.17. The second kappa shape index (κ2) is 10.9. The van der Waals surface area contributed by atoms with E-state index in [4.69, 9.17) is 15.0 Å². The van der Waals surface area contributed by atoms with Gasteiger partial charge in [0.1, 0.15) is 0 Å². The number of nitrogens with zero attached hydrogens (tertiary/aromatic N) is 3. The van der Waals surface area contributed by atoms with E-state index in [1.54, 1.807) is 0 Å². The summed E-state index contributed by atoms with van der Waals surface area (Å²) in [5.41, 5.74) is 7.37. The minimum absolute atomic E-state index is 0.640. The molecule has 6 aromatic carbocycles. The van der Waals surface area contributed by atoms with Crippen molar-refractivity contribution in [2.45, 2.75) is 0 Å². The zero-order valence-corrected chi connectivity index (χ0v) is 23.8. The maximum atomic E-state index is 5.01. The first-order chi connectivity index (χ1) is 20.2. The van der Waals surface area contributed by atoms with Crippen molar-refractivity contribution >= 4 is 31.2 Å². The number of rotatable bonds is 5. The molecule has 0 aliphatic carbocycles. The van der Waals surface area contributed by atoms with Gasteiger partial charge < -0.3 is 0 Å². The molecule has 0 aliphatic heterocycles. The minimum atomic E-state index is 0.640. The number of benzene rings is 6. The Morgan fingerprint density at radius 2 is 0.902 bits per heavy atom. The molecule has 3 nitrogen and oxygen atoms in total. The van der Waals surface area contributed by atoms with Crippen LogP contribution in [0.25, 0.3) is 67.2 Å². The molecule has 7 aromatic rings. The van der Waals surface area contributed by atoms with Gasteiger partial charge in [0.05, 0.1) is 0 Å². The maximum absolute atomic E-state index is 5.01. The van der Waals surface area contributed by atoms with Crippen molar-refractivity contribution in [1.29, 1.82) is 0 Å². The van der Waals surface area contributed by atoms with Gasteiger partial charge in [0.25, 0.3) is 0 Å². The third kappa shape index (κ3) is 5.07. The third-order valence-corrected chi connectivity index (χ3v) is 7.91. The molecule has 1 aromatic heterocycles. The second-order valence-electron chi connectivity index (χ2n) is 9.86. The van der Waals surface area contributed by atoms with E-state index in [0.717, 1.165) is 37.8 Å². The predicted molar refractivity (Wildman–Crippen MR) is 170 cm³/mol. The number of fused-ring (bicyclic) bond motifs is 1. The van der Waals surface area contributed by atoms with Crippen LogP contribution in [0.3, 0.4) is 0 Å². The Kier molecular flexibility index (Phi) is 6.70. The summed E-state index contributed by atoms with van der Waals surface area (Å²) in [6.07, 6.45) is 0. The van der Waals surface area contributed by atoms with Gasteiger partial charge in [-0.2, -0.15) is 0 Å². The zero-order valence-electron chi connectivity index (χ0n) is 22.1. The third-order valence-electron chi connectivity index (χ3n) is 7.20. The molecule has 41 heavy (non-hydrogen) atoms. The molecule has 0 N–H and O–H groups in total. The molecule has 0 spiro atoms. The van der Waals surface area contributed by atoms with Crippen LogP contribution in [0.15, 0.2) is 146 Å². The van der Waals surface area contributed by atoms with E-state index in [2.05, 4.69) is 94.9 Å². The van der Waals surface area contributed by atoms with Crippen LogP contribution in [-0.4, -0.2) is 31.0 Å². The van der Waals surface area contributed by atoms with Crippen LogP contribution >= 0.6 is 0 Å². The van der Waals surface area contributed by atoms with Crippen LogP contribution in [-0.2, 0) is 0 Å². The molecular weight excluding hydrogens is 565 g/mol. The molecule has 0 saturated carbocycles. The summed E-state index contributed by atoms with van der Waals surface area (Å²) in [7, 11) is 0. The first-order valence-electron chi connectivity index (χ1n) is 13.5. The Morgan fingerprint density at radius 3 is 1.61 bits per heavy atom. The Hall–Kier alpha value is -4.89. The molecule has 4 heteroatoms. The summed E-state index contributed by atoms with van der Waals surface area (Å²) < 4.78 is 1.04. The molecule has 0 fully saturated rings. The summed E-state index contributed by atoms with van der Waals surface area (Å²) in [5.74, 6) is 1.94. The predicted octanol–water partition coefficient (Wildman–Crippen LogP) is 8.15. The van der Waals surface area contributed by atoms with Crippen LogP contribution in [0, 0.1) is 0 Å². The molecule has 0 aliphatic rings. The molecule has 0 saturated heterocycles. The van der Waals surface area contributed by atoms with Gasteiger partial charge in [-0.1, -0.05) is 0 Å². The first kappa shape index (κ1) is 25.1. The van der Waals surface area contributed by atoms with Crippen LogP contribution < -0.4 is 4.46 Å². The number of hydrogen-bond donors (Lipinski definition) is 0. The molecule has 0 bridgehead atoms. The van der Waals surface area contributed by atoms with Crippen molar-refractivity contribution in [2.75, 3.05) is 0 Å². The topological polar surface area (TPSA) is 38.7 Å². The van der Waals surface area contributed by atoms with Gasteiger partial charge in [-0.3, -0.25) is 0 Å². The summed E-state index contributed by atoms with van der Waals surface area (Å²) >= 11 is 3.28. The van der Waals surface area contributed by atoms with E-state index in [0.29, 0.717) is 17.5 Å². The fraction of sp³-hybridized carbons (Fsp3) is 0. The normalized spacial score (nSPS) is 11.0. The summed E-state index contributed by atoms with van der Waals surface area (Å²) in [4.78, 5) is 14.9. The van der Waals surface area contributed by atoms with Gasteiger partial charge in [-0.15, -0.1) is 0 Å². The van der Waals surface area contributed by atoms with E-state index in [1.807, 2.05) is 66.7 Å². The van der Waals surface area contributed by atoms with Crippen molar-refractivity contribution in [3.05, 3.63) is 146 Å². The van der Waals surface area contributed by atoms with E-state index in [9.17, 15) is 0 Å². The molecule has 0 atom stereocenters. The van der Waals surface area contributed by atoms with Crippen LogP contribution in [0.5, 0.6) is 0 Å². The molecular formula is C37H24N3Se. The van der Waals surface area contributed by atoms with Crippen LogP contribution in [0.2, 0.25) is 0 Å². The molecule has 1 radical (unpaired) electrons. The number of aromatic nitrogens is 3. The van der Waals surface area contributed by atoms with E-state index in [1.165, 1.54) is 16.3 Å². The molecule has 193 valence electrons. The average Bonchev–Trinajstić information content (AvgIpc) is 3.05. The van der Waals surface area contributed by atoms with Crippen molar-refractivity contribution in [3.8, 4) is 56.4 Å². The summed E-state index contributed by atoms with van der Waals surface area (Å²) in [5, 5.41) is 2.47. The first-order valence-corrected chi connectivity index (χ1v) is 14.4. The summed E-state index contributed by atoms with van der Waals surface area (Å²) in [6.45, 7) is 0. The van der Waals surface area contributed by atoms with Gasteiger partial charge in [0, 0.05) is 0 Å². The molecule has 0 unspecified atom stereocenters. The Morgan fingerprint density at radius 1 is 0.366 bits per heavy atom. The quantitative estimate of drug-likeness (QED) is 0.190. The van der Waals surface area contributed by atoms with Gasteiger partial charge in [0.2, 0.25) is 0 Å². The Balaban J connectivity index is 1.40. The molecule has 0 amide bonds. The van der Waals surface area contributed by atoms with E-state index >= 15 is 0 Å². The average molecular weight is 590 g/mol. The summed E-state index contributed by atoms with van der Waals surface area (Å²) in [6, 6.07) is 50.2. The van der Waals surface area contributed by atoms with Crippen molar-refractivity contribution in [2.24, 2.45) is 0 Å². The van der Waals surface area contributed by atoms with Gasteiger partial charge in [0.15, 0.2) is 0 Å². The van der Waals surface area contributed by atoms with Crippen LogP contribution in [0.4, 0.5) is 0 Å². The van der Waals surface area contributed by atoms with Gasteiger partial charge in [-0.05, 0) is 0 Å². The Bertz CT molecular complexity index is 1950. The second-order valence-corrected chi connectivity index (χ2v) is 10.8. The zero-order chi connectivity index (χ0) is 27.6. The fourth-order valence-corrected chi connectivity index (χ4v) is 5.81. The van der Waals surface area contributed by atoms with Gasteiger partial charge >= 0.3 is 248 Å².